The Kier molecular flexibility index (Phi) is 4.97. The summed E-state index contributed by atoms with van der Waals surface area (Å²) >= 11 is 0. The van der Waals surface area contributed by atoms with Gasteiger partial charge in [0.05, 0.1) is 12.7 Å². The molecule has 0 aliphatic rings. The molecule has 0 radical (unpaired) electrons. The second kappa shape index (κ2) is 6.02. The highest BCUT2D eigenvalue weighted by atomic mass is 16.3. The maximum Gasteiger partial charge on any atom is 0.0776 e. The van der Waals surface area contributed by atoms with Crippen LogP contribution in [0.1, 0.15) is 42.4 Å². The normalized spacial score (nSPS) is 14.8. The van der Waals surface area contributed by atoms with Crippen molar-refractivity contribution in [1.82, 2.24) is 0 Å². The Morgan fingerprint density at radius 1 is 1.25 bits per heavy atom. The number of aliphatic hydroxyl groups excluding tert-OH is 2. The van der Waals surface area contributed by atoms with Crippen molar-refractivity contribution in [3.05, 3.63) is 34.9 Å². The fourth-order valence-corrected chi connectivity index (χ4v) is 2.20. The first kappa shape index (κ1) is 13.2. The van der Waals surface area contributed by atoms with Gasteiger partial charge in [0.15, 0.2) is 0 Å². The lowest BCUT2D eigenvalue weighted by atomic mass is 9.87. The van der Waals surface area contributed by atoms with Crippen molar-refractivity contribution in [1.29, 1.82) is 0 Å². The molecule has 2 atom stereocenters. The van der Waals surface area contributed by atoms with Crippen LogP contribution in [0.3, 0.4) is 0 Å². The summed E-state index contributed by atoms with van der Waals surface area (Å²) in [6, 6.07) is 6.42. The molecule has 0 aliphatic heterocycles. The molecule has 2 N–H and O–H groups in total. The molecule has 0 aliphatic carbocycles. The van der Waals surface area contributed by atoms with Crippen molar-refractivity contribution in [2.45, 2.75) is 45.6 Å². The molecule has 0 amide bonds. The topological polar surface area (TPSA) is 40.5 Å². The van der Waals surface area contributed by atoms with E-state index in [1.165, 1.54) is 16.7 Å². The maximum absolute atomic E-state index is 9.52. The summed E-state index contributed by atoms with van der Waals surface area (Å²) in [5.74, 6) is 0.336. The monoisotopic (exact) mass is 222 g/mol. The molecule has 0 bridgehead atoms. The maximum atomic E-state index is 9.52. The minimum atomic E-state index is -0.606. The second-order valence-electron chi connectivity index (χ2n) is 4.54. The van der Waals surface area contributed by atoms with E-state index in [1.807, 2.05) is 0 Å². The smallest absolute Gasteiger partial charge is 0.0776 e. The van der Waals surface area contributed by atoms with Gasteiger partial charge in [0.1, 0.15) is 0 Å². The number of hydrogen-bond acceptors (Lipinski definition) is 2. The standard InChI is InChI=1S/C14H22O2/c1-4-12(8-13(16)9-15)14-6-5-10(2)7-11(14)3/h5-7,12-13,15-16H,4,8-9H2,1-3H3. The lowest BCUT2D eigenvalue weighted by Gasteiger charge is -2.20. The minimum absolute atomic E-state index is 0.151. The molecule has 0 fully saturated rings. The molecule has 90 valence electrons. The minimum Gasteiger partial charge on any atom is -0.394 e. The van der Waals surface area contributed by atoms with Gasteiger partial charge < -0.3 is 10.2 Å². The molecule has 1 aromatic rings. The van der Waals surface area contributed by atoms with Crippen LogP contribution in [-0.2, 0) is 0 Å². The first-order chi connectivity index (χ1) is 7.58. The zero-order valence-electron chi connectivity index (χ0n) is 10.4. The molecule has 16 heavy (non-hydrogen) atoms. The summed E-state index contributed by atoms with van der Waals surface area (Å²) in [6.07, 6.45) is 1.02. The third-order valence-electron chi connectivity index (χ3n) is 3.13. The van der Waals surface area contributed by atoms with Gasteiger partial charge in [0, 0.05) is 0 Å². The van der Waals surface area contributed by atoms with Crippen LogP contribution >= 0.6 is 0 Å². The Morgan fingerprint density at radius 3 is 2.44 bits per heavy atom. The van der Waals surface area contributed by atoms with E-state index >= 15 is 0 Å². The largest absolute Gasteiger partial charge is 0.394 e. The third-order valence-corrected chi connectivity index (χ3v) is 3.13. The molecule has 2 heteroatoms. The average molecular weight is 222 g/mol. The van der Waals surface area contributed by atoms with Crippen LogP contribution in [0.25, 0.3) is 0 Å². The van der Waals surface area contributed by atoms with E-state index in [9.17, 15) is 5.11 Å². The van der Waals surface area contributed by atoms with Gasteiger partial charge >= 0.3 is 0 Å². The first-order valence-electron chi connectivity index (χ1n) is 5.94. The summed E-state index contributed by atoms with van der Waals surface area (Å²) < 4.78 is 0. The summed E-state index contributed by atoms with van der Waals surface area (Å²) in [6.45, 7) is 6.16. The molecule has 2 unspecified atom stereocenters. The van der Waals surface area contributed by atoms with Crippen LogP contribution in [0.15, 0.2) is 18.2 Å². The van der Waals surface area contributed by atoms with Gasteiger partial charge in [-0.2, -0.15) is 0 Å². The van der Waals surface area contributed by atoms with E-state index in [2.05, 4.69) is 39.0 Å². The van der Waals surface area contributed by atoms with E-state index in [0.717, 1.165) is 6.42 Å². The lowest BCUT2D eigenvalue weighted by molar-refractivity contribution is 0.0817. The molecule has 0 heterocycles. The van der Waals surface area contributed by atoms with Crippen LogP contribution < -0.4 is 0 Å². The quantitative estimate of drug-likeness (QED) is 0.803. The molecule has 1 rings (SSSR count). The van der Waals surface area contributed by atoms with Crippen molar-refractivity contribution in [2.75, 3.05) is 6.61 Å². The number of benzene rings is 1. The Bertz CT molecular complexity index is 334. The zero-order valence-corrected chi connectivity index (χ0v) is 10.4. The lowest BCUT2D eigenvalue weighted by Crippen LogP contribution is -2.16. The average Bonchev–Trinajstić information content (AvgIpc) is 2.26. The van der Waals surface area contributed by atoms with E-state index in [4.69, 9.17) is 5.11 Å². The highest BCUT2D eigenvalue weighted by Gasteiger charge is 2.15. The SMILES string of the molecule is CCC(CC(O)CO)c1ccc(C)cc1C. The van der Waals surface area contributed by atoms with Crippen molar-refractivity contribution < 1.29 is 10.2 Å². The van der Waals surface area contributed by atoms with Crippen LogP contribution in [0.5, 0.6) is 0 Å². The second-order valence-corrected chi connectivity index (χ2v) is 4.54. The highest BCUT2D eigenvalue weighted by molar-refractivity contribution is 5.33. The Labute approximate surface area is 97.9 Å². The predicted molar refractivity (Wildman–Crippen MR) is 66.7 cm³/mol. The van der Waals surface area contributed by atoms with E-state index < -0.39 is 6.10 Å². The van der Waals surface area contributed by atoms with Crippen LogP contribution in [-0.4, -0.2) is 22.9 Å². The first-order valence-corrected chi connectivity index (χ1v) is 5.94. The van der Waals surface area contributed by atoms with E-state index in [0.29, 0.717) is 12.3 Å². The number of aryl methyl sites for hydroxylation is 2. The van der Waals surface area contributed by atoms with Crippen LogP contribution in [0.4, 0.5) is 0 Å². The van der Waals surface area contributed by atoms with Gasteiger partial charge in [-0.1, -0.05) is 30.7 Å². The third kappa shape index (κ3) is 3.32. The Balaban J connectivity index is 2.86. The molecule has 2 nitrogen and oxygen atoms in total. The fourth-order valence-electron chi connectivity index (χ4n) is 2.20. The van der Waals surface area contributed by atoms with Gasteiger partial charge in [-0.3, -0.25) is 0 Å². The van der Waals surface area contributed by atoms with Gasteiger partial charge in [-0.05, 0) is 43.7 Å². The summed E-state index contributed by atoms with van der Waals surface area (Å²) in [7, 11) is 0. The number of hydrogen-bond donors (Lipinski definition) is 2. The molecule has 0 spiro atoms. The molecule has 0 saturated heterocycles. The van der Waals surface area contributed by atoms with Crippen LogP contribution in [0.2, 0.25) is 0 Å². The van der Waals surface area contributed by atoms with Gasteiger partial charge in [0.25, 0.3) is 0 Å². The Morgan fingerprint density at radius 2 is 1.94 bits per heavy atom. The van der Waals surface area contributed by atoms with Crippen molar-refractivity contribution in [3.63, 3.8) is 0 Å². The predicted octanol–water partition coefficient (Wildman–Crippen LogP) is 2.54. The molecule has 1 aromatic carbocycles. The van der Waals surface area contributed by atoms with Crippen molar-refractivity contribution >= 4 is 0 Å². The molecule has 0 saturated carbocycles. The number of aliphatic hydroxyl groups is 2. The summed E-state index contributed by atoms with van der Waals surface area (Å²) in [5, 5.41) is 18.4. The van der Waals surface area contributed by atoms with Gasteiger partial charge in [0.2, 0.25) is 0 Å². The molecular formula is C14H22O2. The molecule has 0 aromatic heterocycles. The van der Waals surface area contributed by atoms with Gasteiger partial charge in [-0.25, -0.2) is 0 Å². The van der Waals surface area contributed by atoms with Crippen molar-refractivity contribution in [3.8, 4) is 0 Å². The van der Waals surface area contributed by atoms with E-state index in [1.54, 1.807) is 0 Å². The Hall–Kier alpha value is -0.860. The van der Waals surface area contributed by atoms with Crippen LogP contribution in [0, 0.1) is 13.8 Å². The summed E-state index contributed by atoms with van der Waals surface area (Å²) in [5.41, 5.74) is 3.83. The van der Waals surface area contributed by atoms with Crippen molar-refractivity contribution in [2.24, 2.45) is 0 Å². The zero-order chi connectivity index (χ0) is 12.1. The molecular weight excluding hydrogens is 200 g/mol. The summed E-state index contributed by atoms with van der Waals surface area (Å²) in [4.78, 5) is 0. The van der Waals surface area contributed by atoms with Gasteiger partial charge in [-0.15, -0.1) is 0 Å². The van der Waals surface area contributed by atoms with E-state index in [-0.39, 0.29) is 6.61 Å². The number of rotatable bonds is 5. The highest BCUT2D eigenvalue weighted by Crippen LogP contribution is 2.28. The fraction of sp³-hybridized carbons (Fsp3) is 0.571.